The summed E-state index contributed by atoms with van der Waals surface area (Å²) in [7, 11) is 0. The molecule has 83 heavy (non-hydrogen) atoms. The first-order valence-corrected chi connectivity index (χ1v) is 34.7. The van der Waals surface area contributed by atoms with Gasteiger partial charge in [0.05, 0.1) is 0 Å². The summed E-state index contributed by atoms with van der Waals surface area (Å²) in [5.74, 6) is -0.908. The van der Waals surface area contributed by atoms with Gasteiger partial charge in [0.1, 0.15) is 13.2 Å². The molecule has 0 aromatic rings. The van der Waals surface area contributed by atoms with Crippen LogP contribution in [-0.2, 0) is 28.6 Å². The fraction of sp³-hybridized carbons (Fsp3) is 0.675. The molecule has 0 saturated carbocycles. The molecule has 0 N–H and O–H groups in total. The number of hydrogen-bond donors (Lipinski definition) is 0. The molecule has 472 valence electrons. The zero-order valence-corrected chi connectivity index (χ0v) is 54.2. The molecule has 0 spiro atoms. The molecule has 0 bridgehead atoms. The molecule has 0 radical (unpaired) electrons. The van der Waals surface area contributed by atoms with E-state index < -0.39 is 6.10 Å². The van der Waals surface area contributed by atoms with Crippen LogP contribution in [0.1, 0.15) is 316 Å². The first-order valence-electron chi connectivity index (χ1n) is 34.7. The van der Waals surface area contributed by atoms with E-state index >= 15 is 0 Å². The third-order valence-electron chi connectivity index (χ3n) is 14.6. The van der Waals surface area contributed by atoms with Crippen molar-refractivity contribution < 1.29 is 28.6 Å². The normalized spacial score (nSPS) is 13.0. The highest BCUT2D eigenvalue weighted by molar-refractivity contribution is 5.71. The highest BCUT2D eigenvalue weighted by Gasteiger charge is 2.19. The number of hydrogen-bond acceptors (Lipinski definition) is 6. The topological polar surface area (TPSA) is 78.9 Å². The Kier molecular flexibility index (Phi) is 66.3. The Balaban J connectivity index is 4.42. The van der Waals surface area contributed by atoms with Gasteiger partial charge in [-0.2, -0.15) is 0 Å². The van der Waals surface area contributed by atoms with Gasteiger partial charge in [0.2, 0.25) is 0 Å². The van der Waals surface area contributed by atoms with E-state index in [1.165, 1.54) is 141 Å². The minimum atomic E-state index is -0.798. The number of ether oxygens (including phenoxy) is 3. The van der Waals surface area contributed by atoms with Gasteiger partial charge in [-0.1, -0.05) is 296 Å². The Bertz CT molecular complexity index is 1750. The van der Waals surface area contributed by atoms with Gasteiger partial charge in [-0.3, -0.25) is 14.4 Å². The maximum atomic E-state index is 13.0. The van der Waals surface area contributed by atoms with Crippen molar-refractivity contribution in [1.29, 1.82) is 0 Å². The van der Waals surface area contributed by atoms with E-state index in [1.807, 2.05) is 0 Å². The lowest BCUT2D eigenvalue weighted by atomic mass is 10.1. The van der Waals surface area contributed by atoms with Crippen LogP contribution < -0.4 is 0 Å². The average molecular weight is 1150 g/mol. The molecule has 1 atom stereocenters. The summed E-state index contributed by atoms with van der Waals surface area (Å²) in [6.07, 6.45) is 98.9. The molecule has 0 aliphatic rings. The van der Waals surface area contributed by atoms with E-state index in [4.69, 9.17) is 14.2 Å². The Morgan fingerprint density at radius 2 is 0.470 bits per heavy atom. The molecular formula is C77H128O6. The van der Waals surface area contributed by atoms with E-state index in [0.29, 0.717) is 19.3 Å². The average Bonchev–Trinajstić information content (AvgIpc) is 3.49. The van der Waals surface area contributed by atoms with Crippen LogP contribution in [0.5, 0.6) is 0 Å². The molecule has 0 rings (SSSR count). The van der Waals surface area contributed by atoms with Crippen LogP contribution in [0.25, 0.3) is 0 Å². The zero-order valence-electron chi connectivity index (χ0n) is 54.2. The summed E-state index contributed by atoms with van der Waals surface area (Å²) in [5, 5.41) is 0. The zero-order chi connectivity index (χ0) is 59.9. The van der Waals surface area contributed by atoms with E-state index in [9.17, 15) is 14.4 Å². The monoisotopic (exact) mass is 1150 g/mol. The van der Waals surface area contributed by atoms with Crippen molar-refractivity contribution in [3.8, 4) is 0 Å². The SMILES string of the molecule is CC/C=C\C/C=C\C/C=C\C/C=C\C/C=C\CCCCCCCCCC(=O)OC(COC(=O)CCCCCCCCC/C=C\C/C=C\C/C=C\CC)COC(=O)CCCCCCCCCCCC/C=C\C/C=C\C/C=C\CCCCCCC. The summed E-state index contributed by atoms with van der Waals surface area (Å²) in [4.78, 5) is 38.5. The number of esters is 3. The molecule has 0 heterocycles. The summed E-state index contributed by atoms with van der Waals surface area (Å²) in [6.45, 7) is 6.41. The third-order valence-corrected chi connectivity index (χ3v) is 14.6. The van der Waals surface area contributed by atoms with Gasteiger partial charge in [0.15, 0.2) is 6.10 Å². The summed E-state index contributed by atoms with van der Waals surface area (Å²) in [5.41, 5.74) is 0. The molecule has 0 saturated heterocycles. The second kappa shape index (κ2) is 70.0. The van der Waals surface area contributed by atoms with Gasteiger partial charge < -0.3 is 14.2 Å². The summed E-state index contributed by atoms with van der Waals surface area (Å²) in [6, 6.07) is 0. The fourth-order valence-corrected chi connectivity index (χ4v) is 9.49. The van der Waals surface area contributed by atoms with Gasteiger partial charge in [-0.25, -0.2) is 0 Å². The molecule has 0 fully saturated rings. The van der Waals surface area contributed by atoms with E-state index in [-0.39, 0.29) is 31.1 Å². The molecule has 0 aromatic carbocycles. The van der Waals surface area contributed by atoms with Crippen molar-refractivity contribution in [3.63, 3.8) is 0 Å². The predicted octanol–water partition coefficient (Wildman–Crippen LogP) is 24.1. The lowest BCUT2D eigenvalue weighted by Gasteiger charge is -2.18. The first kappa shape index (κ1) is 78.5. The van der Waals surface area contributed by atoms with E-state index in [2.05, 4.69) is 154 Å². The summed E-state index contributed by atoms with van der Waals surface area (Å²) < 4.78 is 17.0. The van der Waals surface area contributed by atoms with Crippen LogP contribution in [0.15, 0.2) is 134 Å². The van der Waals surface area contributed by atoms with Crippen molar-refractivity contribution in [2.75, 3.05) is 13.2 Å². The quantitative estimate of drug-likeness (QED) is 0.0261. The van der Waals surface area contributed by atoms with Crippen LogP contribution in [-0.4, -0.2) is 37.2 Å². The third kappa shape index (κ3) is 68.2. The van der Waals surface area contributed by atoms with Gasteiger partial charge in [-0.15, -0.1) is 0 Å². The fourth-order valence-electron chi connectivity index (χ4n) is 9.49. The van der Waals surface area contributed by atoms with Gasteiger partial charge >= 0.3 is 17.9 Å². The van der Waals surface area contributed by atoms with Gasteiger partial charge in [0, 0.05) is 19.3 Å². The Morgan fingerprint density at radius 1 is 0.253 bits per heavy atom. The standard InChI is InChI=1S/C77H128O6/c1-4-7-10-13-16-19-22-25-28-31-33-35-37-38-40-41-43-46-49-52-55-58-61-64-67-70-76(79)82-73-74(72-81-75(78)69-66-63-60-57-54-51-48-45-30-27-24-21-18-15-12-9-6-3)83-77(80)71-68-65-62-59-56-53-50-47-44-42-39-36-34-32-29-26-23-20-17-14-11-8-5-2/h8-9,11-12,17-18,20-22,25-27,29-31,33-34,36-38,42,44,74H,4-7,10,13-16,19,23-24,28,32,35,39-41,43,45-73H2,1-3H3/b11-8-,12-9-,20-17-,21-18-,25-22-,29-26-,30-27-,33-31-,36-34-,38-37-,44-42-. The van der Waals surface area contributed by atoms with Crippen LogP contribution >= 0.6 is 0 Å². The highest BCUT2D eigenvalue weighted by atomic mass is 16.6. The smallest absolute Gasteiger partial charge is 0.306 e. The van der Waals surface area contributed by atoms with Gasteiger partial charge in [-0.05, 0) is 135 Å². The Hall–Kier alpha value is -4.45. The molecule has 6 nitrogen and oxygen atoms in total. The summed E-state index contributed by atoms with van der Waals surface area (Å²) >= 11 is 0. The number of carbonyl (C=O) groups is 3. The van der Waals surface area contributed by atoms with E-state index in [1.54, 1.807) is 0 Å². The number of rotatable bonds is 62. The van der Waals surface area contributed by atoms with Crippen LogP contribution in [0.2, 0.25) is 0 Å². The van der Waals surface area contributed by atoms with Crippen LogP contribution in [0.3, 0.4) is 0 Å². The van der Waals surface area contributed by atoms with Crippen LogP contribution in [0.4, 0.5) is 0 Å². The number of allylic oxidation sites excluding steroid dienone is 22. The van der Waals surface area contributed by atoms with E-state index in [0.717, 1.165) is 135 Å². The molecular weight excluding hydrogens is 1020 g/mol. The minimum absolute atomic E-state index is 0.0909. The molecule has 0 amide bonds. The second-order valence-corrected chi connectivity index (χ2v) is 22.7. The highest BCUT2D eigenvalue weighted by Crippen LogP contribution is 2.16. The maximum absolute atomic E-state index is 13.0. The lowest BCUT2D eigenvalue weighted by Crippen LogP contribution is -2.30. The van der Waals surface area contributed by atoms with Crippen molar-refractivity contribution in [1.82, 2.24) is 0 Å². The van der Waals surface area contributed by atoms with Crippen molar-refractivity contribution in [2.24, 2.45) is 0 Å². The first-order chi connectivity index (χ1) is 41.0. The van der Waals surface area contributed by atoms with Crippen molar-refractivity contribution >= 4 is 17.9 Å². The largest absolute Gasteiger partial charge is 0.462 e. The molecule has 0 aromatic heterocycles. The van der Waals surface area contributed by atoms with Crippen molar-refractivity contribution in [2.45, 2.75) is 322 Å². The molecule has 0 aliphatic heterocycles. The predicted molar refractivity (Wildman–Crippen MR) is 362 cm³/mol. The maximum Gasteiger partial charge on any atom is 0.306 e. The lowest BCUT2D eigenvalue weighted by molar-refractivity contribution is -0.167. The molecule has 6 heteroatoms. The molecule has 1 unspecified atom stereocenters. The number of unbranched alkanes of at least 4 members (excludes halogenated alkanes) is 29. The second-order valence-electron chi connectivity index (χ2n) is 22.7. The molecule has 0 aliphatic carbocycles. The Labute approximate surface area is 513 Å². The van der Waals surface area contributed by atoms with Crippen molar-refractivity contribution in [3.05, 3.63) is 134 Å². The van der Waals surface area contributed by atoms with Crippen LogP contribution in [0, 0.1) is 0 Å². The number of carbonyl (C=O) groups excluding carboxylic acids is 3. The van der Waals surface area contributed by atoms with Gasteiger partial charge in [0.25, 0.3) is 0 Å². The minimum Gasteiger partial charge on any atom is -0.462 e. The Morgan fingerprint density at radius 3 is 0.735 bits per heavy atom.